The standard InChI is InChI=1S/C27H32N2O4S/c1-21-10-11-22(2)26(18-21)34(31,32)29(17-16-23-8-6-5-7-9-23)20-27(30)28(3)19-24-12-14-25(33-4)15-13-24/h5-15,18H,16-17,19-20H2,1-4H3. The number of carbonyl (C=O) groups is 1. The van der Waals surface area contributed by atoms with E-state index >= 15 is 0 Å². The average molecular weight is 481 g/mol. The normalized spacial score (nSPS) is 11.4. The van der Waals surface area contributed by atoms with Crippen molar-refractivity contribution in [1.29, 1.82) is 0 Å². The maximum atomic E-state index is 13.7. The molecule has 0 N–H and O–H groups in total. The molecule has 0 aliphatic rings. The second kappa shape index (κ2) is 11.3. The molecule has 34 heavy (non-hydrogen) atoms. The fourth-order valence-electron chi connectivity index (χ4n) is 3.67. The van der Waals surface area contributed by atoms with Crippen LogP contribution in [0.4, 0.5) is 0 Å². The largest absolute Gasteiger partial charge is 0.497 e. The summed E-state index contributed by atoms with van der Waals surface area (Å²) in [6.45, 7) is 4.00. The smallest absolute Gasteiger partial charge is 0.243 e. The van der Waals surface area contributed by atoms with Gasteiger partial charge in [-0.05, 0) is 60.7 Å². The zero-order chi connectivity index (χ0) is 24.7. The van der Waals surface area contributed by atoms with Gasteiger partial charge in [-0.25, -0.2) is 8.42 Å². The molecular weight excluding hydrogens is 448 g/mol. The Morgan fingerprint density at radius 2 is 1.59 bits per heavy atom. The summed E-state index contributed by atoms with van der Waals surface area (Å²) in [6, 6.07) is 22.5. The lowest BCUT2D eigenvalue weighted by Crippen LogP contribution is -2.42. The van der Waals surface area contributed by atoms with Crippen molar-refractivity contribution in [2.75, 3.05) is 27.2 Å². The number of hydrogen-bond donors (Lipinski definition) is 0. The number of benzene rings is 3. The van der Waals surface area contributed by atoms with Crippen molar-refractivity contribution in [2.45, 2.75) is 31.7 Å². The molecule has 0 aliphatic heterocycles. The van der Waals surface area contributed by atoms with E-state index in [9.17, 15) is 13.2 Å². The Balaban J connectivity index is 1.82. The molecule has 0 saturated carbocycles. The van der Waals surface area contributed by atoms with Crippen LogP contribution in [0.1, 0.15) is 22.3 Å². The first kappa shape index (κ1) is 25.5. The zero-order valence-electron chi connectivity index (χ0n) is 20.2. The summed E-state index contributed by atoms with van der Waals surface area (Å²) in [5, 5.41) is 0. The van der Waals surface area contributed by atoms with E-state index in [4.69, 9.17) is 4.74 Å². The summed E-state index contributed by atoms with van der Waals surface area (Å²) >= 11 is 0. The van der Waals surface area contributed by atoms with Gasteiger partial charge in [0.1, 0.15) is 5.75 Å². The molecule has 0 aliphatic carbocycles. The number of ether oxygens (including phenoxy) is 1. The van der Waals surface area contributed by atoms with E-state index in [2.05, 4.69) is 0 Å². The summed E-state index contributed by atoms with van der Waals surface area (Å²) in [5.41, 5.74) is 3.47. The Hall–Kier alpha value is -3.16. The van der Waals surface area contributed by atoms with E-state index in [1.54, 1.807) is 38.1 Å². The lowest BCUT2D eigenvalue weighted by molar-refractivity contribution is -0.130. The lowest BCUT2D eigenvalue weighted by Gasteiger charge is -2.26. The van der Waals surface area contributed by atoms with Crippen molar-refractivity contribution in [3.63, 3.8) is 0 Å². The molecule has 3 aromatic rings. The first-order valence-corrected chi connectivity index (χ1v) is 12.6. The average Bonchev–Trinajstić information content (AvgIpc) is 2.84. The molecule has 1 amide bonds. The van der Waals surface area contributed by atoms with Crippen LogP contribution in [0.25, 0.3) is 0 Å². The Bertz CT molecular complexity index is 1210. The Morgan fingerprint density at radius 1 is 0.912 bits per heavy atom. The molecule has 0 radical (unpaired) electrons. The third-order valence-electron chi connectivity index (χ3n) is 5.77. The molecule has 6 nitrogen and oxygen atoms in total. The van der Waals surface area contributed by atoms with Gasteiger partial charge < -0.3 is 9.64 Å². The van der Waals surface area contributed by atoms with Crippen molar-refractivity contribution < 1.29 is 17.9 Å². The van der Waals surface area contributed by atoms with Crippen LogP contribution in [0, 0.1) is 13.8 Å². The van der Waals surface area contributed by atoms with Crippen LogP contribution < -0.4 is 4.74 Å². The van der Waals surface area contributed by atoms with Gasteiger partial charge in [0.15, 0.2) is 0 Å². The lowest BCUT2D eigenvalue weighted by atomic mass is 10.1. The topological polar surface area (TPSA) is 66.9 Å². The number of rotatable bonds is 10. The fraction of sp³-hybridized carbons (Fsp3) is 0.296. The highest BCUT2D eigenvalue weighted by Gasteiger charge is 2.29. The van der Waals surface area contributed by atoms with E-state index in [0.717, 1.165) is 22.4 Å². The Morgan fingerprint density at radius 3 is 2.24 bits per heavy atom. The van der Waals surface area contributed by atoms with Crippen LogP contribution in [-0.4, -0.2) is 50.8 Å². The summed E-state index contributed by atoms with van der Waals surface area (Å²) in [5.74, 6) is 0.474. The molecule has 3 rings (SSSR count). The summed E-state index contributed by atoms with van der Waals surface area (Å²) < 4.78 is 33.8. The zero-order valence-corrected chi connectivity index (χ0v) is 21.0. The molecule has 0 spiro atoms. The van der Waals surface area contributed by atoms with E-state index in [1.807, 2.05) is 67.6 Å². The highest BCUT2D eigenvalue weighted by atomic mass is 32.2. The molecule has 0 atom stereocenters. The minimum absolute atomic E-state index is 0.210. The number of sulfonamides is 1. The molecule has 0 bridgehead atoms. The van der Waals surface area contributed by atoms with Gasteiger partial charge in [0.05, 0.1) is 18.6 Å². The summed E-state index contributed by atoms with van der Waals surface area (Å²) in [7, 11) is -0.576. The van der Waals surface area contributed by atoms with Crippen molar-refractivity contribution >= 4 is 15.9 Å². The number of carbonyl (C=O) groups excluding carboxylic acids is 1. The minimum atomic E-state index is -3.87. The maximum absolute atomic E-state index is 13.7. The minimum Gasteiger partial charge on any atom is -0.497 e. The van der Waals surface area contributed by atoms with E-state index in [1.165, 1.54) is 4.31 Å². The Labute approximate surface area is 202 Å². The predicted molar refractivity (Wildman–Crippen MR) is 134 cm³/mol. The van der Waals surface area contributed by atoms with Gasteiger partial charge in [-0.2, -0.15) is 4.31 Å². The monoisotopic (exact) mass is 480 g/mol. The number of nitrogens with zero attached hydrogens (tertiary/aromatic N) is 2. The second-order valence-corrected chi connectivity index (χ2v) is 10.3. The highest BCUT2D eigenvalue weighted by Crippen LogP contribution is 2.22. The van der Waals surface area contributed by atoms with Crippen molar-refractivity contribution in [1.82, 2.24) is 9.21 Å². The Kier molecular flexibility index (Phi) is 8.47. The molecule has 0 saturated heterocycles. The molecule has 7 heteroatoms. The molecular formula is C27H32N2O4S. The molecule has 0 fully saturated rings. The van der Waals surface area contributed by atoms with E-state index < -0.39 is 10.0 Å². The van der Waals surface area contributed by atoms with Crippen molar-refractivity contribution in [2.24, 2.45) is 0 Å². The highest BCUT2D eigenvalue weighted by molar-refractivity contribution is 7.89. The third-order valence-corrected chi connectivity index (χ3v) is 7.76. The molecule has 0 heterocycles. The first-order valence-electron chi connectivity index (χ1n) is 11.2. The van der Waals surface area contributed by atoms with Gasteiger partial charge in [0.2, 0.25) is 15.9 Å². The van der Waals surface area contributed by atoms with Gasteiger partial charge in [-0.15, -0.1) is 0 Å². The molecule has 3 aromatic carbocycles. The van der Waals surface area contributed by atoms with Crippen LogP contribution >= 0.6 is 0 Å². The SMILES string of the molecule is COc1ccc(CN(C)C(=O)CN(CCc2ccccc2)S(=O)(=O)c2cc(C)ccc2C)cc1. The molecule has 0 aromatic heterocycles. The van der Waals surface area contributed by atoms with Crippen LogP contribution in [0.5, 0.6) is 5.75 Å². The van der Waals surface area contributed by atoms with Crippen LogP contribution in [0.2, 0.25) is 0 Å². The molecule has 0 unspecified atom stereocenters. The second-order valence-electron chi connectivity index (χ2n) is 8.44. The maximum Gasteiger partial charge on any atom is 0.243 e. The van der Waals surface area contributed by atoms with Gasteiger partial charge >= 0.3 is 0 Å². The quantitative estimate of drug-likeness (QED) is 0.436. The number of aryl methyl sites for hydroxylation is 2. The van der Waals surface area contributed by atoms with Gasteiger partial charge in [0.25, 0.3) is 0 Å². The van der Waals surface area contributed by atoms with E-state index in [-0.39, 0.29) is 23.9 Å². The van der Waals surface area contributed by atoms with Gasteiger partial charge in [-0.3, -0.25) is 4.79 Å². The first-order chi connectivity index (χ1) is 16.2. The van der Waals surface area contributed by atoms with Gasteiger partial charge in [-0.1, -0.05) is 54.6 Å². The van der Waals surface area contributed by atoms with E-state index in [0.29, 0.717) is 18.5 Å². The number of amides is 1. The summed E-state index contributed by atoms with van der Waals surface area (Å²) in [6.07, 6.45) is 0.514. The van der Waals surface area contributed by atoms with Crippen LogP contribution in [-0.2, 0) is 27.8 Å². The molecule has 180 valence electrons. The number of methoxy groups -OCH3 is 1. The van der Waals surface area contributed by atoms with Gasteiger partial charge in [0, 0.05) is 20.1 Å². The number of likely N-dealkylation sites (N-methyl/N-ethyl adjacent to an activating group) is 1. The summed E-state index contributed by atoms with van der Waals surface area (Å²) in [4.78, 5) is 14.9. The van der Waals surface area contributed by atoms with Crippen molar-refractivity contribution in [3.05, 3.63) is 95.1 Å². The van der Waals surface area contributed by atoms with Crippen LogP contribution in [0.3, 0.4) is 0 Å². The number of hydrogen-bond acceptors (Lipinski definition) is 4. The van der Waals surface area contributed by atoms with Crippen molar-refractivity contribution in [3.8, 4) is 5.75 Å². The fourth-order valence-corrected chi connectivity index (χ4v) is 5.37. The third kappa shape index (κ3) is 6.46. The van der Waals surface area contributed by atoms with Crippen LogP contribution in [0.15, 0.2) is 77.7 Å². The predicted octanol–water partition coefficient (Wildman–Crippen LogP) is 4.20.